The van der Waals surface area contributed by atoms with Gasteiger partial charge in [0.1, 0.15) is 0 Å². The molecule has 0 amide bonds. The predicted molar refractivity (Wildman–Crippen MR) is 51.5 cm³/mol. The van der Waals surface area contributed by atoms with E-state index < -0.39 is 5.97 Å². The van der Waals surface area contributed by atoms with Crippen molar-refractivity contribution >= 4 is 55.6 Å². The summed E-state index contributed by atoms with van der Waals surface area (Å²) in [5, 5.41) is 7.91. The van der Waals surface area contributed by atoms with Crippen molar-refractivity contribution in [1.29, 1.82) is 0 Å². The molecule has 0 aliphatic heterocycles. The average molecular weight is 282 g/mol. The Labute approximate surface area is 106 Å². The zero-order valence-electron chi connectivity index (χ0n) is 5.90. The van der Waals surface area contributed by atoms with Gasteiger partial charge in [-0.25, -0.2) is 0 Å². The summed E-state index contributed by atoms with van der Waals surface area (Å²) in [5.74, 6) is -0.711. The maximum atomic E-state index is 9.60. The second kappa shape index (κ2) is 30.2. The smallest absolute Gasteiger partial charge is 0.303 e. The number of halogens is 4. The maximum absolute atomic E-state index is 9.60. The van der Waals surface area contributed by atoms with Crippen LogP contribution in [-0.2, 0) is 26.5 Å². The van der Waals surface area contributed by atoms with E-state index in [-0.39, 0.29) is 71.3 Å². The summed E-state index contributed by atoms with van der Waals surface area (Å²) >= 11 is 0. The van der Waals surface area contributed by atoms with Crippen molar-refractivity contribution in [3.05, 3.63) is 0 Å². The summed E-state index contributed by atoms with van der Waals surface area (Å²) in [6, 6.07) is 0. The van der Waals surface area contributed by atoms with E-state index in [2.05, 4.69) is 0 Å². The Morgan fingerprint density at radius 1 is 1.18 bits per heavy atom. The van der Waals surface area contributed by atoms with Crippen LogP contribution in [0, 0.1) is 0 Å². The molecule has 0 unspecified atom stereocenters. The van der Waals surface area contributed by atoms with Crippen LogP contribution >= 0.6 is 49.6 Å². The van der Waals surface area contributed by atoms with Gasteiger partial charge in [0.15, 0.2) is 0 Å². The quantitative estimate of drug-likeness (QED) is 0.790. The average Bonchev–Trinajstić information content (AvgIpc) is 1.35. The summed E-state index contributed by atoms with van der Waals surface area (Å²) in [4.78, 5) is 9.60. The van der Waals surface area contributed by atoms with Gasteiger partial charge < -0.3 is 5.11 Å². The van der Waals surface area contributed by atoms with E-state index in [4.69, 9.17) is 5.11 Å². The number of hydrogen-bond acceptors (Lipinski definition) is 1. The molecule has 0 rings (SSSR count). The summed E-state index contributed by atoms with van der Waals surface area (Å²) in [6.07, 6.45) is 1.02. The third kappa shape index (κ3) is 52.5. The molecule has 0 aromatic carbocycles. The number of carbonyl (C=O) groups is 1. The molecule has 11 heavy (non-hydrogen) atoms. The second-order valence-electron chi connectivity index (χ2n) is 1.14. The van der Waals surface area contributed by atoms with E-state index in [0.717, 1.165) is 6.42 Å². The number of carboxylic acids is 1. The van der Waals surface area contributed by atoms with Crippen LogP contribution in [-0.4, -0.2) is 11.1 Å². The molecule has 0 spiro atoms. The van der Waals surface area contributed by atoms with Crippen molar-refractivity contribution in [3.63, 3.8) is 0 Å². The summed E-state index contributed by atoms with van der Waals surface area (Å²) in [6.45, 7) is 1.84. The van der Waals surface area contributed by atoms with Crippen molar-refractivity contribution in [2.45, 2.75) is 19.8 Å². The molecular formula is C4H12Cl4O2Ti. The van der Waals surface area contributed by atoms with Crippen LogP contribution in [0.2, 0.25) is 0 Å². The molecule has 1 N–H and O–H groups in total. The first kappa shape index (κ1) is 39.5. The van der Waals surface area contributed by atoms with Crippen LogP contribution in [0.1, 0.15) is 19.8 Å². The van der Waals surface area contributed by atoms with Crippen molar-refractivity contribution in [3.8, 4) is 0 Å². The van der Waals surface area contributed by atoms with Gasteiger partial charge in [0.05, 0.1) is 0 Å². The first-order valence-corrected chi connectivity index (χ1v) is 1.99. The van der Waals surface area contributed by atoms with Gasteiger partial charge in [0.2, 0.25) is 0 Å². The van der Waals surface area contributed by atoms with Gasteiger partial charge in [-0.2, -0.15) is 0 Å². The van der Waals surface area contributed by atoms with Crippen molar-refractivity contribution in [1.82, 2.24) is 0 Å². The minimum atomic E-state index is -0.711. The summed E-state index contributed by atoms with van der Waals surface area (Å²) in [5.41, 5.74) is 0. The fraction of sp³-hybridized carbons (Fsp3) is 0.750. The Hall–Kier alpha value is 1.34. The fourth-order valence-corrected chi connectivity index (χ4v) is 0.214. The molecule has 0 radical (unpaired) electrons. The van der Waals surface area contributed by atoms with Crippen LogP contribution in [0.15, 0.2) is 0 Å². The monoisotopic (exact) mass is 280 g/mol. The second-order valence-corrected chi connectivity index (χ2v) is 1.14. The molecule has 0 fully saturated rings. The van der Waals surface area contributed by atoms with E-state index in [1.807, 2.05) is 6.92 Å². The molecule has 0 aliphatic carbocycles. The van der Waals surface area contributed by atoms with Crippen molar-refractivity contribution in [2.75, 3.05) is 0 Å². The minimum Gasteiger partial charge on any atom is -0.481 e. The molecule has 0 saturated heterocycles. The molecule has 0 aromatic heterocycles. The molecule has 2 nitrogen and oxygen atoms in total. The first-order chi connectivity index (χ1) is 2.77. The first-order valence-electron chi connectivity index (χ1n) is 1.99. The van der Waals surface area contributed by atoms with E-state index in [1.54, 1.807) is 0 Å². The molecule has 0 bridgehead atoms. The molecule has 72 valence electrons. The molecule has 0 saturated carbocycles. The fourth-order valence-electron chi connectivity index (χ4n) is 0.214. The molecule has 0 aromatic rings. The summed E-state index contributed by atoms with van der Waals surface area (Å²) in [7, 11) is 0. The van der Waals surface area contributed by atoms with Gasteiger partial charge in [-0.3, -0.25) is 4.79 Å². The number of hydrogen-bond donors (Lipinski definition) is 1. The maximum Gasteiger partial charge on any atom is 0.303 e. The topological polar surface area (TPSA) is 37.3 Å². The third-order valence-electron chi connectivity index (χ3n) is 0.464. The van der Waals surface area contributed by atoms with Crippen molar-refractivity contribution in [2.24, 2.45) is 0 Å². The molecular weight excluding hydrogens is 270 g/mol. The van der Waals surface area contributed by atoms with Crippen LogP contribution < -0.4 is 0 Å². The van der Waals surface area contributed by atoms with Crippen LogP contribution in [0.5, 0.6) is 0 Å². The van der Waals surface area contributed by atoms with Gasteiger partial charge in [-0.1, -0.05) is 6.92 Å². The van der Waals surface area contributed by atoms with Gasteiger partial charge in [0.25, 0.3) is 0 Å². The normalized spacial score (nSPS) is 4.45. The SMILES string of the molecule is CCCC(=O)O.Cl.Cl.Cl.Cl.[Ti]. The Morgan fingerprint density at radius 3 is 1.45 bits per heavy atom. The van der Waals surface area contributed by atoms with Crippen LogP contribution in [0.4, 0.5) is 0 Å². The predicted octanol–water partition coefficient (Wildman–Crippen LogP) is 2.56. The summed E-state index contributed by atoms with van der Waals surface area (Å²) < 4.78 is 0. The number of aliphatic carboxylic acids is 1. The minimum absolute atomic E-state index is 0. The third-order valence-corrected chi connectivity index (χ3v) is 0.464. The molecule has 0 atom stereocenters. The van der Waals surface area contributed by atoms with Gasteiger partial charge in [-0.05, 0) is 6.42 Å². The zero-order valence-corrected chi connectivity index (χ0v) is 10.7. The Morgan fingerprint density at radius 2 is 1.45 bits per heavy atom. The molecule has 7 heteroatoms. The van der Waals surface area contributed by atoms with Crippen LogP contribution in [0.25, 0.3) is 0 Å². The Balaban J connectivity index is -0.0000000125. The van der Waals surface area contributed by atoms with Crippen LogP contribution in [0.3, 0.4) is 0 Å². The van der Waals surface area contributed by atoms with Crippen molar-refractivity contribution < 1.29 is 31.6 Å². The van der Waals surface area contributed by atoms with E-state index in [1.165, 1.54) is 0 Å². The van der Waals surface area contributed by atoms with E-state index in [0.29, 0.717) is 6.42 Å². The Bertz CT molecular complexity index is 64.1. The number of carboxylic acid groups (broad SMARTS) is 1. The van der Waals surface area contributed by atoms with Gasteiger partial charge >= 0.3 is 5.97 Å². The van der Waals surface area contributed by atoms with Gasteiger partial charge in [0, 0.05) is 28.1 Å². The largest absolute Gasteiger partial charge is 0.481 e. The van der Waals surface area contributed by atoms with E-state index >= 15 is 0 Å². The van der Waals surface area contributed by atoms with Gasteiger partial charge in [-0.15, -0.1) is 49.6 Å². The molecule has 0 heterocycles. The zero-order chi connectivity index (χ0) is 4.99. The van der Waals surface area contributed by atoms with E-state index in [9.17, 15) is 4.79 Å². The molecule has 0 aliphatic rings. The Kier molecular flexibility index (Phi) is 108. The number of rotatable bonds is 2. The standard InChI is InChI=1S/C4H8O2.4ClH.Ti/c1-2-3-4(5)6;;;;;/h2-3H2,1H3,(H,5,6);4*1H;.